The second-order valence-electron chi connectivity index (χ2n) is 11.9. The van der Waals surface area contributed by atoms with E-state index in [0.29, 0.717) is 6.54 Å². The van der Waals surface area contributed by atoms with E-state index in [0.717, 1.165) is 26.1 Å². The lowest BCUT2D eigenvalue weighted by Gasteiger charge is -2.37. The predicted molar refractivity (Wildman–Crippen MR) is 176 cm³/mol. The third-order valence-electron chi connectivity index (χ3n) is 9.24. The number of benzene rings is 3. The van der Waals surface area contributed by atoms with E-state index >= 15 is 0 Å². The molecule has 1 spiro atoms. The molecule has 2 amide bonds. The van der Waals surface area contributed by atoms with Crippen LogP contribution in [-0.2, 0) is 26.5 Å². The monoisotopic (exact) mass is 698 g/mol. The van der Waals surface area contributed by atoms with Gasteiger partial charge in [-0.05, 0) is 64.0 Å². The molecule has 1 N–H and O–H groups in total. The van der Waals surface area contributed by atoms with Gasteiger partial charge in [0.25, 0.3) is 5.91 Å². The number of amides is 2. The summed E-state index contributed by atoms with van der Waals surface area (Å²) in [5, 5.41) is 11.0. The zero-order valence-electron chi connectivity index (χ0n) is 24.8. The number of likely N-dealkylation sites (N-methyl/N-ethyl adjacent to an activating group) is 1. The van der Waals surface area contributed by atoms with Gasteiger partial charge in [-0.2, -0.15) is 0 Å². The average molecular weight is 699 g/mol. The van der Waals surface area contributed by atoms with Gasteiger partial charge in [0.1, 0.15) is 5.75 Å². The first-order valence-corrected chi connectivity index (χ1v) is 18.5. The predicted octanol–water partition coefficient (Wildman–Crippen LogP) is 4.90. The highest BCUT2D eigenvalue weighted by Crippen LogP contribution is 2.59. The smallest absolute Gasteiger partial charge is 0.264 e. The number of halogens is 1. The Hall–Kier alpha value is -2.73. The minimum absolute atomic E-state index is 0.0382. The molecule has 0 bridgehead atoms. The number of hydrogen-bond acceptors (Lipinski definition) is 5. The number of aliphatic hydroxyl groups excluding tert-OH is 1. The molecule has 3 aromatic rings. The standard InChI is InChI=1S/C33H39IN2O5Si/c1-22-31(42(4,5)26-14-12-25(40-3)13-15-26)29(20-30(38)36(17-18-37)21-23-9-7-6-8-10-23)41-33(22)27-19-24(34)11-16-28(27)35(2)32(33)39/h6-16,19,22,29,31,37H,17-18,20-21H2,1-5H3/t22-,29+,31-,33+/m1/s1. The third kappa shape index (κ3) is 5.29. The number of ether oxygens (including phenoxy) is 2. The Balaban J connectivity index is 1.56. The fourth-order valence-corrected chi connectivity index (χ4v) is 11.6. The van der Waals surface area contributed by atoms with Crippen molar-refractivity contribution in [2.45, 2.75) is 50.2 Å². The van der Waals surface area contributed by atoms with Gasteiger partial charge in [0.15, 0.2) is 5.60 Å². The summed E-state index contributed by atoms with van der Waals surface area (Å²) in [6.07, 6.45) is -0.346. The molecule has 9 heteroatoms. The average Bonchev–Trinajstić information content (AvgIpc) is 3.39. The number of hydrogen-bond donors (Lipinski definition) is 1. The second kappa shape index (κ2) is 12.1. The van der Waals surface area contributed by atoms with E-state index in [1.165, 1.54) is 5.19 Å². The SMILES string of the molecule is COc1ccc([Si](C)(C)[C@H]2[C@H](CC(=O)N(CCO)Cc3ccccc3)O[C@@]3(C(=O)N(C)c4ccc(I)cc43)[C@@H]2C)cc1. The summed E-state index contributed by atoms with van der Waals surface area (Å²) in [4.78, 5) is 31.6. The molecule has 0 unspecified atom stereocenters. The molecule has 0 saturated carbocycles. The summed E-state index contributed by atoms with van der Waals surface area (Å²) in [7, 11) is 1.11. The van der Waals surface area contributed by atoms with Crippen LogP contribution in [0.5, 0.6) is 5.75 Å². The van der Waals surface area contributed by atoms with Crippen molar-refractivity contribution < 1.29 is 24.2 Å². The number of rotatable bonds is 9. The van der Waals surface area contributed by atoms with Crippen LogP contribution < -0.4 is 14.8 Å². The molecule has 0 aromatic heterocycles. The Morgan fingerprint density at radius 1 is 1.12 bits per heavy atom. The fraction of sp³-hybridized carbons (Fsp3) is 0.394. The molecule has 2 heterocycles. The maximum atomic E-state index is 14.2. The number of nitrogens with zero attached hydrogens (tertiary/aromatic N) is 2. The van der Waals surface area contributed by atoms with Crippen LogP contribution in [0.15, 0.2) is 72.8 Å². The summed E-state index contributed by atoms with van der Waals surface area (Å²) in [6.45, 7) is 7.25. The molecule has 222 valence electrons. The molecule has 0 radical (unpaired) electrons. The van der Waals surface area contributed by atoms with E-state index in [4.69, 9.17) is 9.47 Å². The van der Waals surface area contributed by atoms with E-state index < -0.39 is 19.8 Å². The summed E-state index contributed by atoms with van der Waals surface area (Å²) in [5.74, 6) is 0.448. The van der Waals surface area contributed by atoms with Gasteiger partial charge in [0.05, 0.1) is 40.0 Å². The number of carbonyl (C=O) groups is 2. The van der Waals surface area contributed by atoms with E-state index in [1.54, 1.807) is 24.0 Å². The van der Waals surface area contributed by atoms with Crippen molar-refractivity contribution in [2.75, 3.05) is 32.2 Å². The summed E-state index contributed by atoms with van der Waals surface area (Å²) < 4.78 is 13.5. The van der Waals surface area contributed by atoms with Crippen molar-refractivity contribution in [3.05, 3.63) is 87.5 Å². The molecule has 1 fully saturated rings. The molecular formula is C33H39IN2O5Si. The van der Waals surface area contributed by atoms with Crippen LogP contribution in [0.3, 0.4) is 0 Å². The van der Waals surface area contributed by atoms with Crippen LogP contribution in [0.2, 0.25) is 18.6 Å². The zero-order chi connectivity index (χ0) is 30.2. The molecule has 0 aliphatic carbocycles. The number of methoxy groups -OCH3 is 1. The lowest BCUT2D eigenvalue weighted by molar-refractivity contribution is -0.149. The largest absolute Gasteiger partial charge is 0.497 e. The van der Waals surface area contributed by atoms with Crippen molar-refractivity contribution in [1.82, 2.24) is 4.90 Å². The van der Waals surface area contributed by atoms with E-state index in [1.807, 2.05) is 54.6 Å². The maximum absolute atomic E-state index is 14.2. The van der Waals surface area contributed by atoms with Crippen molar-refractivity contribution in [2.24, 2.45) is 5.92 Å². The summed E-state index contributed by atoms with van der Waals surface area (Å²) >= 11 is 2.28. The van der Waals surface area contributed by atoms with Gasteiger partial charge < -0.3 is 24.4 Å². The van der Waals surface area contributed by atoms with Gasteiger partial charge in [-0.3, -0.25) is 9.59 Å². The molecule has 2 aliphatic rings. The lowest BCUT2D eigenvalue weighted by atomic mass is 9.82. The Morgan fingerprint density at radius 2 is 1.81 bits per heavy atom. The lowest BCUT2D eigenvalue weighted by Crippen LogP contribution is -2.52. The van der Waals surface area contributed by atoms with Gasteiger partial charge in [0, 0.05) is 35.2 Å². The molecule has 42 heavy (non-hydrogen) atoms. The van der Waals surface area contributed by atoms with Crippen LogP contribution >= 0.6 is 22.6 Å². The molecule has 7 nitrogen and oxygen atoms in total. The van der Waals surface area contributed by atoms with Crippen LogP contribution in [0.4, 0.5) is 5.69 Å². The Bertz CT molecular complexity index is 1450. The first-order chi connectivity index (χ1) is 20.0. The number of fused-ring (bicyclic) bond motifs is 2. The van der Waals surface area contributed by atoms with Gasteiger partial charge in [0.2, 0.25) is 5.91 Å². The van der Waals surface area contributed by atoms with Gasteiger partial charge in [-0.1, -0.05) is 67.7 Å². The molecular weight excluding hydrogens is 659 g/mol. The highest BCUT2D eigenvalue weighted by Gasteiger charge is 2.66. The highest BCUT2D eigenvalue weighted by molar-refractivity contribution is 14.1. The molecule has 4 atom stereocenters. The van der Waals surface area contributed by atoms with Crippen molar-refractivity contribution in [3.8, 4) is 5.75 Å². The van der Waals surface area contributed by atoms with E-state index in [9.17, 15) is 14.7 Å². The molecule has 5 rings (SSSR count). The van der Waals surface area contributed by atoms with Crippen molar-refractivity contribution >= 4 is 53.4 Å². The molecule has 3 aromatic carbocycles. The molecule has 2 aliphatic heterocycles. The van der Waals surface area contributed by atoms with Crippen molar-refractivity contribution in [1.29, 1.82) is 0 Å². The number of carbonyl (C=O) groups excluding carboxylic acids is 2. The zero-order valence-corrected chi connectivity index (χ0v) is 28.0. The van der Waals surface area contributed by atoms with Crippen LogP contribution in [0.1, 0.15) is 24.5 Å². The van der Waals surface area contributed by atoms with Crippen LogP contribution in [-0.4, -0.2) is 63.3 Å². The summed E-state index contributed by atoms with van der Waals surface area (Å²) in [5.41, 5.74) is 1.53. The van der Waals surface area contributed by atoms with E-state index in [-0.39, 0.29) is 42.8 Å². The second-order valence-corrected chi connectivity index (χ2v) is 17.8. The van der Waals surface area contributed by atoms with Gasteiger partial charge >= 0.3 is 0 Å². The van der Waals surface area contributed by atoms with Crippen molar-refractivity contribution in [3.63, 3.8) is 0 Å². The topological polar surface area (TPSA) is 79.3 Å². The van der Waals surface area contributed by atoms with Gasteiger partial charge in [-0.25, -0.2) is 0 Å². The highest BCUT2D eigenvalue weighted by atomic mass is 127. The minimum Gasteiger partial charge on any atom is -0.497 e. The third-order valence-corrected chi connectivity index (χ3v) is 14.3. The molecule has 1 saturated heterocycles. The maximum Gasteiger partial charge on any atom is 0.264 e. The minimum atomic E-state index is -2.36. The van der Waals surface area contributed by atoms with Crippen LogP contribution in [0.25, 0.3) is 0 Å². The summed E-state index contributed by atoms with van der Waals surface area (Å²) in [6, 6.07) is 24.1. The number of aliphatic hydroxyl groups is 1. The number of anilines is 1. The first-order valence-electron chi connectivity index (χ1n) is 14.4. The Morgan fingerprint density at radius 3 is 2.45 bits per heavy atom. The Kier molecular flexibility index (Phi) is 8.85. The normalized spacial score (nSPS) is 23.4. The fourth-order valence-electron chi connectivity index (χ4n) is 7.11. The quantitative estimate of drug-likeness (QED) is 0.254. The van der Waals surface area contributed by atoms with Gasteiger partial charge in [-0.15, -0.1) is 0 Å². The van der Waals surface area contributed by atoms with Crippen LogP contribution in [0, 0.1) is 9.49 Å². The first kappa shape index (κ1) is 30.7. The van der Waals surface area contributed by atoms with E-state index in [2.05, 4.69) is 60.8 Å². The Labute approximate surface area is 263 Å².